The van der Waals surface area contributed by atoms with Crippen LogP contribution in [0.4, 0.5) is 0 Å². The van der Waals surface area contributed by atoms with Gasteiger partial charge in [-0.1, -0.05) is 30.3 Å². The average Bonchev–Trinajstić information content (AvgIpc) is 2.95. The lowest BCUT2D eigenvalue weighted by Crippen LogP contribution is -2.52. The molecule has 6 heteroatoms. The van der Waals surface area contributed by atoms with Crippen molar-refractivity contribution in [3.63, 3.8) is 0 Å². The van der Waals surface area contributed by atoms with Crippen LogP contribution in [0, 0.1) is 13.8 Å². The Morgan fingerprint density at radius 1 is 1.19 bits per heavy atom. The van der Waals surface area contributed by atoms with Crippen LogP contribution in [0.3, 0.4) is 0 Å². The molecule has 0 saturated carbocycles. The molecule has 2 aromatic rings. The lowest BCUT2D eigenvalue weighted by molar-refractivity contribution is 0.345. The molecule has 0 saturated heterocycles. The summed E-state index contributed by atoms with van der Waals surface area (Å²) in [6.45, 7) is 15.0. The Morgan fingerprint density at radius 3 is 2.48 bits per heavy atom. The number of thiazole rings is 1. The van der Waals surface area contributed by atoms with Gasteiger partial charge in [0.25, 0.3) is 0 Å². The first kappa shape index (κ1) is 21.4. The standard InChI is InChI=1S/C21H33N5S/c1-7-22-20(23-13-19-16(3)25-17(4)27-19)24-14-21(5,6)26-15(2)18-11-9-8-10-12-18/h8-12,15,26H,7,13-14H2,1-6H3,(H2,22,23,24). The van der Waals surface area contributed by atoms with Gasteiger partial charge >= 0.3 is 0 Å². The zero-order valence-electron chi connectivity index (χ0n) is 17.4. The number of rotatable bonds is 8. The van der Waals surface area contributed by atoms with E-state index in [0.717, 1.165) is 29.8 Å². The topological polar surface area (TPSA) is 61.3 Å². The van der Waals surface area contributed by atoms with Crippen molar-refractivity contribution in [3.05, 3.63) is 51.5 Å². The van der Waals surface area contributed by atoms with Gasteiger partial charge < -0.3 is 16.0 Å². The van der Waals surface area contributed by atoms with E-state index >= 15 is 0 Å². The molecule has 0 aliphatic rings. The Balaban J connectivity index is 1.94. The number of hydrogen-bond donors (Lipinski definition) is 3. The highest BCUT2D eigenvalue weighted by atomic mass is 32.1. The summed E-state index contributed by atoms with van der Waals surface area (Å²) < 4.78 is 0. The van der Waals surface area contributed by atoms with Crippen molar-refractivity contribution in [1.82, 2.24) is 20.9 Å². The normalized spacial score (nSPS) is 13.5. The molecule has 1 aromatic carbocycles. The van der Waals surface area contributed by atoms with Gasteiger partial charge in [0.05, 0.1) is 17.2 Å². The van der Waals surface area contributed by atoms with Crippen molar-refractivity contribution in [3.8, 4) is 0 Å². The minimum Gasteiger partial charge on any atom is -0.357 e. The summed E-state index contributed by atoms with van der Waals surface area (Å²) in [4.78, 5) is 10.4. The Labute approximate surface area is 167 Å². The van der Waals surface area contributed by atoms with Crippen molar-refractivity contribution in [2.24, 2.45) is 4.99 Å². The third kappa shape index (κ3) is 6.96. The maximum absolute atomic E-state index is 4.74. The number of guanidine groups is 1. The number of aliphatic imine (C=N–C) groups is 1. The highest BCUT2D eigenvalue weighted by Gasteiger charge is 2.21. The van der Waals surface area contributed by atoms with E-state index in [9.17, 15) is 0 Å². The third-order valence-corrected chi connectivity index (χ3v) is 5.39. The van der Waals surface area contributed by atoms with E-state index in [1.165, 1.54) is 10.4 Å². The van der Waals surface area contributed by atoms with Gasteiger partial charge in [-0.2, -0.15) is 0 Å². The second-order valence-corrected chi connectivity index (χ2v) is 8.74. The van der Waals surface area contributed by atoms with Gasteiger partial charge in [-0.05, 0) is 47.1 Å². The van der Waals surface area contributed by atoms with Gasteiger partial charge in [0, 0.05) is 29.5 Å². The van der Waals surface area contributed by atoms with Crippen LogP contribution in [0.15, 0.2) is 35.3 Å². The Bertz CT molecular complexity index is 736. The van der Waals surface area contributed by atoms with Crippen molar-refractivity contribution in [2.45, 2.75) is 59.7 Å². The van der Waals surface area contributed by atoms with Crippen LogP contribution in [0.1, 0.15) is 54.9 Å². The molecule has 0 bridgehead atoms. The van der Waals surface area contributed by atoms with Crippen molar-refractivity contribution < 1.29 is 0 Å². The van der Waals surface area contributed by atoms with Crippen LogP contribution in [0.25, 0.3) is 0 Å². The van der Waals surface area contributed by atoms with Gasteiger partial charge in [-0.25, -0.2) is 9.98 Å². The molecule has 148 valence electrons. The molecular weight excluding hydrogens is 354 g/mol. The zero-order valence-corrected chi connectivity index (χ0v) is 18.2. The van der Waals surface area contributed by atoms with Crippen molar-refractivity contribution >= 4 is 17.3 Å². The molecule has 27 heavy (non-hydrogen) atoms. The van der Waals surface area contributed by atoms with Gasteiger partial charge in [0.15, 0.2) is 5.96 Å². The summed E-state index contributed by atoms with van der Waals surface area (Å²) in [5.41, 5.74) is 2.29. The van der Waals surface area contributed by atoms with Crippen LogP contribution >= 0.6 is 11.3 Å². The Kier molecular flexibility index (Phi) is 7.80. The predicted octanol–water partition coefficient (Wildman–Crippen LogP) is 3.94. The van der Waals surface area contributed by atoms with E-state index in [-0.39, 0.29) is 11.6 Å². The van der Waals surface area contributed by atoms with E-state index in [2.05, 4.69) is 72.9 Å². The molecule has 1 unspecified atom stereocenters. The summed E-state index contributed by atoms with van der Waals surface area (Å²) in [5.74, 6) is 0.838. The van der Waals surface area contributed by atoms with Crippen LogP contribution in [-0.4, -0.2) is 29.6 Å². The maximum atomic E-state index is 4.74. The lowest BCUT2D eigenvalue weighted by atomic mass is 10.0. The van der Waals surface area contributed by atoms with Gasteiger partial charge in [-0.15, -0.1) is 11.3 Å². The molecule has 3 N–H and O–H groups in total. The SMILES string of the molecule is CCNC(=NCc1sc(C)nc1C)NCC(C)(C)NC(C)c1ccccc1. The molecule has 0 aliphatic carbocycles. The fraction of sp³-hybridized carbons (Fsp3) is 0.524. The van der Waals surface area contributed by atoms with E-state index in [0.29, 0.717) is 6.54 Å². The van der Waals surface area contributed by atoms with Crippen molar-refractivity contribution in [2.75, 3.05) is 13.1 Å². The summed E-state index contributed by atoms with van der Waals surface area (Å²) in [5, 5.41) is 11.6. The first-order chi connectivity index (χ1) is 12.8. The minimum absolute atomic E-state index is 0.0809. The van der Waals surface area contributed by atoms with E-state index < -0.39 is 0 Å². The number of nitrogens with zero attached hydrogens (tertiary/aromatic N) is 2. The molecule has 0 fully saturated rings. The Morgan fingerprint density at radius 2 is 1.89 bits per heavy atom. The van der Waals surface area contributed by atoms with E-state index in [1.807, 2.05) is 19.9 Å². The average molecular weight is 388 g/mol. The number of benzene rings is 1. The summed E-state index contributed by atoms with van der Waals surface area (Å²) >= 11 is 1.72. The third-order valence-electron chi connectivity index (χ3n) is 4.33. The van der Waals surface area contributed by atoms with Crippen molar-refractivity contribution in [1.29, 1.82) is 0 Å². The Hall–Kier alpha value is -1.92. The molecule has 0 spiro atoms. The maximum Gasteiger partial charge on any atom is 0.191 e. The number of nitrogens with one attached hydrogen (secondary N) is 3. The lowest BCUT2D eigenvalue weighted by Gasteiger charge is -2.31. The summed E-state index contributed by atoms with van der Waals surface area (Å²) in [6.07, 6.45) is 0. The second kappa shape index (κ2) is 9.85. The smallest absolute Gasteiger partial charge is 0.191 e. The number of hydrogen-bond acceptors (Lipinski definition) is 4. The second-order valence-electron chi connectivity index (χ2n) is 7.45. The van der Waals surface area contributed by atoms with Gasteiger partial charge in [0.2, 0.25) is 0 Å². The molecular formula is C21H33N5S. The van der Waals surface area contributed by atoms with Crippen LogP contribution < -0.4 is 16.0 Å². The summed E-state index contributed by atoms with van der Waals surface area (Å²) in [6, 6.07) is 10.8. The van der Waals surface area contributed by atoms with E-state index in [1.54, 1.807) is 11.3 Å². The van der Waals surface area contributed by atoms with Crippen LogP contribution in [-0.2, 0) is 6.54 Å². The molecule has 0 aliphatic heterocycles. The fourth-order valence-electron chi connectivity index (χ4n) is 2.98. The predicted molar refractivity (Wildman–Crippen MR) is 116 cm³/mol. The van der Waals surface area contributed by atoms with Gasteiger partial charge in [-0.3, -0.25) is 0 Å². The highest BCUT2D eigenvalue weighted by Crippen LogP contribution is 2.18. The first-order valence-corrected chi connectivity index (χ1v) is 10.4. The number of aryl methyl sites for hydroxylation is 2. The van der Waals surface area contributed by atoms with Crippen LogP contribution in [0.2, 0.25) is 0 Å². The summed E-state index contributed by atoms with van der Waals surface area (Å²) in [7, 11) is 0. The fourth-order valence-corrected chi connectivity index (χ4v) is 3.84. The molecule has 0 amide bonds. The van der Waals surface area contributed by atoms with E-state index in [4.69, 9.17) is 4.99 Å². The highest BCUT2D eigenvalue weighted by molar-refractivity contribution is 7.11. The molecule has 1 heterocycles. The van der Waals surface area contributed by atoms with Crippen LogP contribution in [0.5, 0.6) is 0 Å². The quantitative estimate of drug-likeness (QED) is 0.474. The molecule has 1 aromatic heterocycles. The largest absolute Gasteiger partial charge is 0.357 e. The van der Waals surface area contributed by atoms with Gasteiger partial charge in [0.1, 0.15) is 0 Å². The minimum atomic E-state index is -0.0809. The first-order valence-electron chi connectivity index (χ1n) is 9.58. The molecule has 0 radical (unpaired) electrons. The molecule has 5 nitrogen and oxygen atoms in total. The monoisotopic (exact) mass is 387 g/mol. The molecule has 1 atom stereocenters. The zero-order chi connectivity index (χ0) is 19.9. The molecule has 2 rings (SSSR count). The number of aromatic nitrogens is 1.